The molecule has 4 rings (SSSR count). The van der Waals surface area contributed by atoms with Gasteiger partial charge in [0.15, 0.2) is 11.5 Å². The van der Waals surface area contributed by atoms with Crippen molar-refractivity contribution in [3.05, 3.63) is 58.4 Å². The van der Waals surface area contributed by atoms with Crippen LogP contribution in [-0.2, 0) is 13.6 Å². The number of benzene rings is 2. The van der Waals surface area contributed by atoms with Crippen LogP contribution in [0.3, 0.4) is 0 Å². The number of nitrogens with one attached hydrogen (secondary N) is 1. The first-order valence-corrected chi connectivity index (χ1v) is 8.51. The monoisotopic (exact) mass is 403 g/mol. The average molecular weight is 404 g/mol. The van der Waals surface area contributed by atoms with Crippen molar-refractivity contribution in [3.8, 4) is 22.8 Å². The molecule has 2 heterocycles. The number of hydrogen-bond donors (Lipinski definition) is 1. The average Bonchev–Trinajstić information content (AvgIpc) is 3.20. The van der Waals surface area contributed by atoms with Crippen molar-refractivity contribution in [1.29, 1.82) is 0 Å². The van der Waals surface area contributed by atoms with Gasteiger partial charge in [-0.2, -0.15) is 0 Å². The Morgan fingerprint density at radius 2 is 2.08 bits per heavy atom. The summed E-state index contributed by atoms with van der Waals surface area (Å²) in [6.45, 7) is 0.577. The van der Waals surface area contributed by atoms with Gasteiger partial charge in [-0.3, -0.25) is 0 Å². The predicted molar refractivity (Wildman–Crippen MR) is 96.2 cm³/mol. The molecule has 0 aliphatic carbocycles. The van der Waals surface area contributed by atoms with Crippen molar-refractivity contribution in [1.82, 2.24) is 9.55 Å². The van der Waals surface area contributed by atoms with Crippen molar-refractivity contribution >= 4 is 21.9 Å². The van der Waals surface area contributed by atoms with E-state index in [-0.39, 0.29) is 12.6 Å². The van der Waals surface area contributed by atoms with Gasteiger partial charge in [0.25, 0.3) is 0 Å². The van der Waals surface area contributed by atoms with Gasteiger partial charge in [0.05, 0.1) is 11.9 Å². The molecule has 0 saturated heterocycles. The summed E-state index contributed by atoms with van der Waals surface area (Å²) in [7, 11) is 1.91. The molecule has 7 heteroatoms. The van der Waals surface area contributed by atoms with Crippen LogP contribution in [0.25, 0.3) is 11.3 Å². The van der Waals surface area contributed by atoms with Gasteiger partial charge in [-0.15, -0.1) is 0 Å². The van der Waals surface area contributed by atoms with E-state index in [0.29, 0.717) is 18.1 Å². The van der Waals surface area contributed by atoms with Gasteiger partial charge in [0, 0.05) is 29.2 Å². The number of ether oxygens (including phenoxy) is 2. The van der Waals surface area contributed by atoms with Crippen LogP contribution < -0.4 is 14.8 Å². The van der Waals surface area contributed by atoms with Crippen molar-refractivity contribution in [3.63, 3.8) is 0 Å². The highest BCUT2D eigenvalue weighted by molar-refractivity contribution is 9.10. The minimum atomic E-state index is -0.257. The zero-order valence-electron chi connectivity index (χ0n) is 13.4. The van der Waals surface area contributed by atoms with Crippen LogP contribution in [0.4, 0.5) is 10.3 Å². The summed E-state index contributed by atoms with van der Waals surface area (Å²) in [4.78, 5) is 4.40. The van der Waals surface area contributed by atoms with E-state index in [9.17, 15) is 4.39 Å². The van der Waals surface area contributed by atoms with E-state index in [1.54, 1.807) is 12.3 Å². The number of anilines is 1. The maximum absolute atomic E-state index is 13.9. The Kier molecular flexibility index (Phi) is 4.09. The lowest BCUT2D eigenvalue weighted by atomic mass is 10.1. The summed E-state index contributed by atoms with van der Waals surface area (Å²) in [6, 6.07) is 10.7. The Labute approximate surface area is 152 Å². The minimum absolute atomic E-state index is 0.245. The summed E-state index contributed by atoms with van der Waals surface area (Å²) in [5.74, 6) is 1.87. The van der Waals surface area contributed by atoms with Crippen LogP contribution in [0.1, 0.15) is 5.56 Å². The molecule has 1 aliphatic rings. The molecule has 1 N–H and O–H groups in total. The Hall–Kier alpha value is -2.54. The lowest BCUT2D eigenvalue weighted by Crippen LogP contribution is -2.07. The minimum Gasteiger partial charge on any atom is -0.454 e. The Bertz CT molecular complexity index is 922. The molecule has 5 nitrogen and oxygen atoms in total. The van der Waals surface area contributed by atoms with Gasteiger partial charge >= 0.3 is 0 Å². The first-order chi connectivity index (χ1) is 12.1. The number of hydrogen-bond acceptors (Lipinski definition) is 4. The topological polar surface area (TPSA) is 48.3 Å². The summed E-state index contributed by atoms with van der Waals surface area (Å²) in [5.41, 5.74) is 2.46. The number of halogens is 2. The zero-order chi connectivity index (χ0) is 17.4. The van der Waals surface area contributed by atoms with Gasteiger partial charge in [-0.1, -0.05) is 22.0 Å². The van der Waals surface area contributed by atoms with Crippen molar-refractivity contribution in [2.45, 2.75) is 6.54 Å². The molecule has 2 aromatic carbocycles. The third kappa shape index (κ3) is 2.95. The number of aromatic nitrogens is 2. The molecule has 0 radical (unpaired) electrons. The largest absolute Gasteiger partial charge is 0.454 e. The lowest BCUT2D eigenvalue weighted by molar-refractivity contribution is 0.174. The molecule has 0 fully saturated rings. The second-order valence-corrected chi connectivity index (χ2v) is 6.50. The molecule has 3 aromatic rings. The van der Waals surface area contributed by atoms with Crippen LogP contribution >= 0.6 is 15.9 Å². The third-order valence-electron chi connectivity index (χ3n) is 4.14. The Balaban J connectivity index is 1.57. The predicted octanol–water partition coefficient (Wildman–Crippen LogP) is 4.33. The van der Waals surface area contributed by atoms with E-state index in [1.165, 1.54) is 6.07 Å². The normalized spacial score (nSPS) is 12.4. The zero-order valence-corrected chi connectivity index (χ0v) is 15.0. The highest BCUT2D eigenvalue weighted by Gasteiger charge is 2.16. The fourth-order valence-corrected chi connectivity index (χ4v) is 3.25. The number of nitrogens with zero attached hydrogens (tertiary/aromatic N) is 2. The number of imidazole rings is 1. The molecular formula is C18H15BrFN3O2. The second kappa shape index (κ2) is 6.40. The van der Waals surface area contributed by atoms with Gasteiger partial charge in [0.1, 0.15) is 5.82 Å². The van der Waals surface area contributed by atoms with Crippen LogP contribution in [-0.4, -0.2) is 16.3 Å². The van der Waals surface area contributed by atoms with E-state index in [2.05, 4.69) is 26.2 Å². The van der Waals surface area contributed by atoms with Crippen LogP contribution in [0.15, 0.2) is 47.1 Å². The molecule has 1 aliphatic heterocycles. The maximum Gasteiger partial charge on any atom is 0.231 e. The number of rotatable bonds is 4. The highest BCUT2D eigenvalue weighted by atomic mass is 79.9. The molecule has 0 atom stereocenters. The molecule has 0 bridgehead atoms. The molecule has 0 unspecified atom stereocenters. The molecular weight excluding hydrogens is 389 g/mol. The molecule has 25 heavy (non-hydrogen) atoms. The van der Waals surface area contributed by atoms with Crippen molar-refractivity contribution < 1.29 is 13.9 Å². The first kappa shape index (κ1) is 16.0. The Morgan fingerprint density at radius 3 is 2.92 bits per heavy atom. The molecule has 0 saturated carbocycles. The van der Waals surface area contributed by atoms with Gasteiger partial charge in [-0.25, -0.2) is 9.37 Å². The standard InChI is InChI=1S/C18H15BrFN3O2/c1-23-15(11-5-6-16-17(7-11)25-10-24-16)9-22-18(23)21-8-12-13(19)3-2-4-14(12)20/h2-7,9H,8,10H2,1H3,(H,21,22). The lowest BCUT2D eigenvalue weighted by Gasteiger charge is -2.10. The first-order valence-electron chi connectivity index (χ1n) is 7.72. The summed E-state index contributed by atoms with van der Waals surface area (Å²) in [6.07, 6.45) is 1.77. The van der Waals surface area contributed by atoms with Crippen molar-refractivity contribution in [2.24, 2.45) is 7.05 Å². The quantitative estimate of drug-likeness (QED) is 0.704. The number of fused-ring (bicyclic) bond motifs is 1. The van der Waals surface area contributed by atoms with E-state index < -0.39 is 0 Å². The summed E-state index contributed by atoms with van der Waals surface area (Å²) in [5, 5.41) is 3.18. The molecule has 1 aromatic heterocycles. The van der Waals surface area contributed by atoms with Gasteiger partial charge < -0.3 is 19.4 Å². The second-order valence-electron chi connectivity index (χ2n) is 5.65. The van der Waals surface area contributed by atoms with Crippen LogP contribution in [0.5, 0.6) is 11.5 Å². The van der Waals surface area contributed by atoms with E-state index in [4.69, 9.17) is 9.47 Å². The molecule has 0 amide bonds. The summed E-state index contributed by atoms with van der Waals surface area (Å²) >= 11 is 3.38. The SMILES string of the molecule is Cn1c(-c2ccc3c(c2)OCO3)cnc1NCc1c(F)cccc1Br. The van der Waals surface area contributed by atoms with Gasteiger partial charge in [0.2, 0.25) is 12.7 Å². The maximum atomic E-state index is 13.9. The summed E-state index contributed by atoms with van der Waals surface area (Å²) < 4.78 is 27.3. The molecule has 128 valence electrons. The van der Waals surface area contributed by atoms with Crippen molar-refractivity contribution in [2.75, 3.05) is 12.1 Å². The smallest absolute Gasteiger partial charge is 0.231 e. The van der Waals surface area contributed by atoms with E-state index in [0.717, 1.165) is 27.2 Å². The highest BCUT2D eigenvalue weighted by Crippen LogP contribution is 2.36. The van der Waals surface area contributed by atoms with E-state index >= 15 is 0 Å². The van der Waals surface area contributed by atoms with Crippen LogP contribution in [0, 0.1) is 5.82 Å². The fourth-order valence-electron chi connectivity index (χ4n) is 2.77. The fraction of sp³-hybridized carbons (Fsp3) is 0.167. The van der Waals surface area contributed by atoms with E-state index in [1.807, 2.05) is 35.9 Å². The van der Waals surface area contributed by atoms with Gasteiger partial charge in [-0.05, 0) is 30.3 Å². The van der Waals surface area contributed by atoms with Crippen LogP contribution in [0.2, 0.25) is 0 Å². The Morgan fingerprint density at radius 1 is 1.24 bits per heavy atom. The third-order valence-corrected chi connectivity index (χ3v) is 4.88. The molecule has 0 spiro atoms.